The number of carboxylic acid groups (broad SMARTS) is 1. The van der Waals surface area contributed by atoms with Crippen LogP contribution >= 0.6 is 11.8 Å². The summed E-state index contributed by atoms with van der Waals surface area (Å²) in [5.41, 5.74) is 6.17. The molecule has 6 heteroatoms. The number of carboxylic acids is 1. The van der Waals surface area contributed by atoms with Gasteiger partial charge >= 0.3 is 5.97 Å². The van der Waals surface area contributed by atoms with Crippen LogP contribution in [0.3, 0.4) is 0 Å². The number of amides is 1. The Balaban J connectivity index is 1.62. The summed E-state index contributed by atoms with van der Waals surface area (Å²) in [5, 5.41) is 12.6. The normalized spacial score (nSPS) is 16.8. The molecule has 4 rings (SSSR count). The van der Waals surface area contributed by atoms with Gasteiger partial charge in [-0.1, -0.05) is 74.1 Å². The summed E-state index contributed by atoms with van der Waals surface area (Å²) in [4.78, 5) is 28.3. The number of nitrogens with one attached hydrogen (secondary N) is 1. The maximum absolute atomic E-state index is 13.6. The molecular formula is C38H54N2O3S. The van der Waals surface area contributed by atoms with Gasteiger partial charge in [0.15, 0.2) is 0 Å². The minimum absolute atomic E-state index is 0.322. The van der Waals surface area contributed by atoms with Gasteiger partial charge in [0.2, 0.25) is 0 Å². The van der Waals surface area contributed by atoms with E-state index in [4.69, 9.17) is 0 Å². The number of aliphatic carboxylic acids is 1. The van der Waals surface area contributed by atoms with Crippen LogP contribution in [0.4, 0.5) is 0 Å². The van der Waals surface area contributed by atoms with Crippen molar-refractivity contribution in [3.05, 3.63) is 70.8 Å². The number of thioether (sulfide) groups is 1. The highest BCUT2D eigenvalue weighted by molar-refractivity contribution is 7.98. The zero-order chi connectivity index (χ0) is 31.5. The fourth-order valence-electron chi connectivity index (χ4n) is 6.86. The number of hydrogen-bond donors (Lipinski definition) is 2. The van der Waals surface area contributed by atoms with E-state index in [1.807, 2.05) is 24.5 Å². The monoisotopic (exact) mass is 618 g/mol. The molecule has 240 valence electrons. The molecule has 2 aromatic carbocycles. The number of allylic oxidation sites excluding steroid dienone is 2. The number of unbranched alkanes of at least 4 members (excludes halogenated alkanes) is 1. The van der Waals surface area contributed by atoms with Gasteiger partial charge in [0.25, 0.3) is 5.91 Å². The molecule has 0 aliphatic heterocycles. The fourth-order valence-corrected chi connectivity index (χ4v) is 7.33. The quantitative estimate of drug-likeness (QED) is 0.137. The van der Waals surface area contributed by atoms with Crippen LogP contribution in [-0.4, -0.2) is 52.0 Å². The van der Waals surface area contributed by atoms with Crippen molar-refractivity contribution in [2.75, 3.05) is 12.0 Å². The van der Waals surface area contributed by atoms with Crippen LogP contribution in [0.15, 0.2) is 54.1 Å². The van der Waals surface area contributed by atoms with E-state index in [2.05, 4.69) is 61.3 Å². The number of aryl methyl sites for hydroxylation is 1. The first-order valence-corrected chi connectivity index (χ1v) is 18.3. The maximum Gasteiger partial charge on any atom is 0.326 e. The molecule has 0 heterocycles. The second-order valence-corrected chi connectivity index (χ2v) is 14.3. The Kier molecular flexibility index (Phi) is 13.4. The number of hydrogen-bond acceptors (Lipinski definition) is 4. The Morgan fingerprint density at radius 1 is 1.02 bits per heavy atom. The predicted molar refractivity (Wildman–Crippen MR) is 185 cm³/mol. The summed E-state index contributed by atoms with van der Waals surface area (Å²) < 4.78 is 0. The van der Waals surface area contributed by atoms with Crippen LogP contribution < -0.4 is 5.32 Å². The second kappa shape index (κ2) is 17.2. The lowest BCUT2D eigenvalue weighted by Gasteiger charge is -2.36. The second-order valence-electron chi connectivity index (χ2n) is 13.4. The molecule has 0 saturated heterocycles. The molecular weight excluding hydrogens is 564 g/mol. The van der Waals surface area contributed by atoms with E-state index >= 15 is 0 Å². The minimum atomic E-state index is -0.991. The lowest BCUT2D eigenvalue weighted by Crippen LogP contribution is -2.41. The number of rotatable bonds is 17. The first-order chi connectivity index (χ1) is 21.3. The van der Waals surface area contributed by atoms with Crippen molar-refractivity contribution in [3.8, 4) is 11.1 Å². The Morgan fingerprint density at radius 3 is 2.43 bits per heavy atom. The van der Waals surface area contributed by atoms with Gasteiger partial charge in [-0.05, 0) is 118 Å². The van der Waals surface area contributed by atoms with Gasteiger partial charge in [-0.2, -0.15) is 11.8 Å². The molecule has 2 saturated carbocycles. The van der Waals surface area contributed by atoms with Crippen molar-refractivity contribution < 1.29 is 14.7 Å². The Bertz CT molecular complexity index is 1260. The molecule has 5 nitrogen and oxygen atoms in total. The minimum Gasteiger partial charge on any atom is -0.480 e. The molecule has 2 aliphatic carbocycles. The van der Waals surface area contributed by atoms with Crippen molar-refractivity contribution in [1.82, 2.24) is 10.2 Å². The van der Waals surface area contributed by atoms with Gasteiger partial charge in [-0.25, -0.2) is 4.79 Å². The van der Waals surface area contributed by atoms with Crippen LogP contribution in [0.1, 0.15) is 112 Å². The summed E-state index contributed by atoms with van der Waals surface area (Å²) >= 11 is 1.59. The Hall–Kier alpha value is -2.57. The van der Waals surface area contributed by atoms with Gasteiger partial charge in [0.05, 0.1) is 0 Å². The molecule has 0 aromatic heterocycles. The molecule has 0 bridgehead atoms. The molecule has 1 amide bonds. The lowest BCUT2D eigenvalue weighted by molar-refractivity contribution is -0.139. The van der Waals surface area contributed by atoms with Gasteiger partial charge in [0, 0.05) is 24.2 Å². The molecule has 44 heavy (non-hydrogen) atoms. The van der Waals surface area contributed by atoms with Crippen LogP contribution in [0.2, 0.25) is 0 Å². The third-order valence-electron chi connectivity index (χ3n) is 9.45. The summed E-state index contributed by atoms with van der Waals surface area (Å²) in [6.45, 7) is 7.35. The Morgan fingerprint density at radius 2 is 1.77 bits per heavy atom. The van der Waals surface area contributed by atoms with Crippen molar-refractivity contribution in [1.29, 1.82) is 0 Å². The SMILES string of the molecule is CSCC[C@H](NC(=O)c1ccc(CN(C2CC2)[C@@H](CCCC=C(C)C)CC2CCCCC2)cc1-c1ccccc1C)C(=O)O. The zero-order valence-electron chi connectivity index (χ0n) is 27.4. The summed E-state index contributed by atoms with van der Waals surface area (Å²) in [6, 6.07) is 14.7. The fraction of sp³-hybridized carbons (Fsp3) is 0.579. The molecule has 2 fully saturated rings. The third-order valence-corrected chi connectivity index (χ3v) is 10.1. The standard InChI is InChI=1S/C38H54N2O3S/c1-27(2)12-8-10-16-32(24-29-14-6-5-7-15-29)40(31-19-20-31)26-30-18-21-34(35(25-30)33-17-11-9-13-28(33)3)37(41)39-36(38(42)43)22-23-44-4/h9,11-13,17-18,21,25,29,31-32,36H,5-8,10,14-16,19-20,22-24,26H2,1-4H3,(H,39,41)(H,42,43)/t32-,36-/m0/s1. The Labute approximate surface area is 270 Å². The van der Waals surface area contributed by atoms with Crippen molar-refractivity contribution in [2.24, 2.45) is 5.92 Å². The molecule has 0 unspecified atom stereocenters. The van der Waals surface area contributed by atoms with Crippen molar-refractivity contribution in [2.45, 2.75) is 122 Å². The number of carbonyl (C=O) groups excluding carboxylic acids is 1. The lowest BCUT2D eigenvalue weighted by atomic mass is 9.83. The predicted octanol–water partition coefficient (Wildman–Crippen LogP) is 9.04. The highest BCUT2D eigenvalue weighted by Gasteiger charge is 2.35. The average molecular weight is 619 g/mol. The molecule has 2 N–H and O–H groups in total. The van der Waals surface area contributed by atoms with E-state index in [1.54, 1.807) is 11.8 Å². The van der Waals surface area contributed by atoms with E-state index < -0.39 is 12.0 Å². The van der Waals surface area contributed by atoms with E-state index in [9.17, 15) is 14.7 Å². The average Bonchev–Trinajstić information content (AvgIpc) is 3.85. The smallest absolute Gasteiger partial charge is 0.326 e. The highest BCUT2D eigenvalue weighted by Crippen LogP contribution is 2.37. The largest absolute Gasteiger partial charge is 0.480 e. The maximum atomic E-state index is 13.6. The first kappa shape index (κ1) is 34.3. The third kappa shape index (κ3) is 10.2. The van der Waals surface area contributed by atoms with Crippen LogP contribution in [0, 0.1) is 12.8 Å². The zero-order valence-corrected chi connectivity index (χ0v) is 28.3. The van der Waals surface area contributed by atoms with Crippen molar-refractivity contribution >= 4 is 23.6 Å². The van der Waals surface area contributed by atoms with E-state index in [-0.39, 0.29) is 5.91 Å². The van der Waals surface area contributed by atoms with Gasteiger partial charge in [0.1, 0.15) is 6.04 Å². The molecule has 0 radical (unpaired) electrons. The summed E-state index contributed by atoms with van der Waals surface area (Å²) in [5.74, 6) is 0.195. The van der Waals surface area contributed by atoms with Crippen LogP contribution in [0.5, 0.6) is 0 Å². The van der Waals surface area contributed by atoms with E-state index in [1.165, 1.54) is 75.3 Å². The molecule has 2 aromatic rings. The molecule has 2 aliphatic rings. The first-order valence-electron chi connectivity index (χ1n) is 16.9. The summed E-state index contributed by atoms with van der Waals surface area (Å²) in [6.07, 6.45) is 19.1. The van der Waals surface area contributed by atoms with Crippen LogP contribution in [0.25, 0.3) is 11.1 Å². The number of nitrogens with zero attached hydrogens (tertiary/aromatic N) is 1. The van der Waals surface area contributed by atoms with Gasteiger partial charge in [-0.3, -0.25) is 9.69 Å². The van der Waals surface area contributed by atoms with E-state index in [0.29, 0.717) is 29.8 Å². The summed E-state index contributed by atoms with van der Waals surface area (Å²) in [7, 11) is 0. The highest BCUT2D eigenvalue weighted by atomic mass is 32.2. The molecule has 2 atom stereocenters. The topological polar surface area (TPSA) is 69.6 Å². The van der Waals surface area contributed by atoms with Gasteiger partial charge < -0.3 is 10.4 Å². The van der Waals surface area contributed by atoms with E-state index in [0.717, 1.165) is 35.6 Å². The van der Waals surface area contributed by atoms with Gasteiger partial charge in [-0.15, -0.1) is 0 Å². The van der Waals surface area contributed by atoms with Crippen molar-refractivity contribution in [3.63, 3.8) is 0 Å². The van der Waals surface area contributed by atoms with Crippen LogP contribution in [-0.2, 0) is 11.3 Å². The number of benzene rings is 2. The number of carbonyl (C=O) groups is 2. The molecule has 0 spiro atoms.